The summed E-state index contributed by atoms with van der Waals surface area (Å²) in [6.07, 6.45) is 0.0610. The van der Waals surface area contributed by atoms with E-state index in [0.29, 0.717) is 18.7 Å². The molecule has 0 N–H and O–H groups in total. The Morgan fingerprint density at radius 2 is 2.00 bits per heavy atom. The predicted octanol–water partition coefficient (Wildman–Crippen LogP) is 1.45. The average Bonchev–Trinajstić information content (AvgIpc) is 2.80. The second kappa shape index (κ2) is 6.16. The van der Waals surface area contributed by atoms with Gasteiger partial charge in [0.05, 0.1) is 0 Å². The Balaban J connectivity index is 1.98. The highest BCUT2D eigenvalue weighted by molar-refractivity contribution is 5.90. The lowest BCUT2D eigenvalue weighted by atomic mass is 10.2. The Labute approximate surface area is 125 Å². The maximum atomic E-state index is 12.4. The summed E-state index contributed by atoms with van der Waals surface area (Å²) in [7, 11) is 3.42. The maximum Gasteiger partial charge on any atom is 0.263 e. The minimum Gasteiger partial charge on any atom is -0.481 e. The van der Waals surface area contributed by atoms with Gasteiger partial charge < -0.3 is 14.5 Å². The van der Waals surface area contributed by atoms with Crippen LogP contribution in [-0.4, -0.2) is 54.4 Å². The molecular weight excluding hydrogens is 268 g/mol. The van der Waals surface area contributed by atoms with Gasteiger partial charge in [-0.3, -0.25) is 9.59 Å². The summed E-state index contributed by atoms with van der Waals surface area (Å²) in [6, 6.07) is 7.19. The monoisotopic (exact) mass is 290 g/mol. The summed E-state index contributed by atoms with van der Waals surface area (Å²) >= 11 is 0. The zero-order valence-corrected chi connectivity index (χ0v) is 13.0. The number of carbonyl (C=O) groups is 2. The van der Waals surface area contributed by atoms with Gasteiger partial charge in [0.1, 0.15) is 11.8 Å². The molecule has 5 nitrogen and oxygen atoms in total. The van der Waals surface area contributed by atoms with Crippen LogP contribution in [0.2, 0.25) is 0 Å². The third kappa shape index (κ3) is 3.35. The minimum atomic E-state index is -0.614. The maximum absolute atomic E-state index is 12.4. The summed E-state index contributed by atoms with van der Waals surface area (Å²) < 4.78 is 5.66. The lowest BCUT2D eigenvalue weighted by Crippen LogP contribution is -2.47. The molecular formula is C16H22N2O3. The van der Waals surface area contributed by atoms with E-state index < -0.39 is 6.10 Å². The molecule has 0 bridgehead atoms. The number of likely N-dealkylation sites (tertiary alicyclic amines) is 1. The number of aryl methyl sites for hydroxylation is 1. The molecule has 1 aliphatic rings. The highest BCUT2D eigenvalue weighted by atomic mass is 16.5. The second-order valence-corrected chi connectivity index (χ2v) is 5.59. The van der Waals surface area contributed by atoms with E-state index in [1.807, 2.05) is 31.2 Å². The van der Waals surface area contributed by atoms with Crippen LogP contribution in [-0.2, 0) is 9.59 Å². The molecule has 0 saturated carbocycles. The Bertz CT molecular complexity index is 527. The normalized spacial score (nSPS) is 19.5. The molecule has 0 aromatic heterocycles. The first-order chi connectivity index (χ1) is 9.90. The Morgan fingerprint density at radius 3 is 2.52 bits per heavy atom. The van der Waals surface area contributed by atoms with E-state index in [0.717, 1.165) is 5.56 Å². The minimum absolute atomic E-state index is 0.00612. The fourth-order valence-corrected chi connectivity index (χ4v) is 2.48. The predicted molar refractivity (Wildman–Crippen MR) is 80.1 cm³/mol. The first kappa shape index (κ1) is 15.4. The lowest BCUT2D eigenvalue weighted by Gasteiger charge is -2.26. The van der Waals surface area contributed by atoms with Crippen molar-refractivity contribution in [3.05, 3.63) is 29.8 Å². The number of ether oxygens (including phenoxy) is 1. The van der Waals surface area contributed by atoms with Crippen molar-refractivity contribution < 1.29 is 14.3 Å². The molecule has 1 heterocycles. The molecule has 0 spiro atoms. The summed E-state index contributed by atoms with van der Waals surface area (Å²) in [5.74, 6) is 0.474. The van der Waals surface area contributed by atoms with Gasteiger partial charge in [-0.25, -0.2) is 0 Å². The summed E-state index contributed by atoms with van der Waals surface area (Å²) in [4.78, 5) is 27.5. The van der Waals surface area contributed by atoms with Crippen LogP contribution in [0.1, 0.15) is 18.9 Å². The summed E-state index contributed by atoms with van der Waals surface area (Å²) in [5.41, 5.74) is 1.14. The van der Waals surface area contributed by atoms with Gasteiger partial charge in [0.15, 0.2) is 6.10 Å². The van der Waals surface area contributed by atoms with Crippen LogP contribution >= 0.6 is 0 Å². The van der Waals surface area contributed by atoms with Crippen molar-refractivity contribution >= 4 is 11.8 Å². The molecule has 1 saturated heterocycles. The second-order valence-electron chi connectivity index (χ2n) is 5.59. The van der Waals surface area contributed by atoms with Gasteiger partial charge in [-0.2, -0.15) is 0 Å². The molecule has 0 radical (unpaired) electrons. The zero-order valence-electron chi connectivity index (χ0n) is 13.0. The van der Waals surface area contributed by atoms with E-state index in [-0.39, 0.29) is 17.9 Å². The van der Waals surface area contributed by atoms with Gasteiger partial charge in [0, 0.05) is 20.6 Å². The third-order valence-electron chi connectivity index (χ3n) is 3.90. The van der Waals surface area contributed by atoms with Gasteiger partial charge in [0.25, 0.3) is 5.91 Å². The molecule has 0 unspecified atom stereocenters. The van der Waals surface area contributed by atoms with E-state index in [2.05, 4.69) is 0 Å². The molecule has 2 rings (SSSR count). The molecule has 2 amide bonds. The SMILES string of the molecule is Cc1ccc(O[C@@H](C)C(=O)N(C)[C@H]2CCN(C)C2=O)cc1. The fourth-order valence-electron chi connectivity index (χ4n) is 2.48. The molecule has 5 heteroatoms. The molecule has 0 aliphatic carbocycles. The lowest BCUT2D eigenvalue weighted by molar-refractivity contribution is -0.144. The fraction of sp³-hybridized carbons (Fsp3) is 0.500. The van der Waals surface area contributed by atoms with Crippen LogP contribution in [0.25, 0.3) is 0 Å². The van der Waals surface area contributed by atoms with Crippen LogP contribution in [0.5, 0.6) is 5.75 Å². The molecule has 21 heavy (non-hydrogen) atoms. The van der Waals surface area contributed by atoms with Crippen LogP contribution in [0.3, 0.4) is 0 Å². The molecule has 1 aliphatic heterocycles. The molecule has 1 fully saturated rings. The molecule has 1 aromatic carbocycles. The molecule has 114 valence electrons. The van der Waals surface area contributed by atoms with Crippen molar-refractivity contribution in [3.8, 4) is 5.75 Å². The quantitative estimate of drug-likeness (QED) is 0.843. The first-order valence-corrected chi connectivity index (χ1v) is 7.15. The van der Waals surface area contributed by atoms with E-state index in [4.69, 9.17) is 4.74 Å². The van der Waals surface area contributed by atoms with Crippen molar-refractivity contribution in [2.24, 2.45) is 0 Å². The van der Waals surface area contributed by atoms with Crippen molar-refractivity contribution in [1.82, 2.24) is 9.80 Å². The van der Waals surface area contributed by atoms with Crippen LogP contribution in [0.4, 0.5) is 0 Å². The van der Waals surface area contributed by atoms with Crippen molar-refractivity contribution in [2.45, 2.75) is 32.4 Å². The number of amides is 2. The van der Waals surface area contributed by atoms with Crippen LogP contribution in [0.15, 0.2) is 24.3 Å². The number of benzene rings is 1. The highest BCUT2D eigenvalue weighted by Crippen LogP contribution is 2.18. The topological polar surface area (TPSA) is 49.9 Å². The standard InChI is InChI=1S/C16H22N2O3/c1-11-5-7-13(8-6-11)21-12(2)15(19)18(4)14-9-10-17(3)16(14)20/h5-8,12,14H,9-10H2,1-4H3/t12-,14-/m0/s1. The zero-order chi connectivity index (χ0) is 15.6. The first-order valence-electron chi connectivity index (χ1n) is 7.15. The van der Waals surface area contributed by atoms with Gasteiger partial charge in [-0.15, -0.1) is 0 Å². The van der Waals surface area contributed by atoms with E-state index in [1.54, 1.807) is 25.9 Å². The van der Waals surface area contributed by atoms with Gasteiger partial charge in [-0.05, 0) is 32.4 Å². The van der Waals surface area contributed by atoms with Crippen molar-refractivity contribution in [2.75, 3.05) is 20.6 Å². The summed E-state index contributed by atoms with van der Waals surface area (Å²) in [5, 5.41) is 0. The van der Waals surface area contributed by atoms with E-state index in [1.165, 1.54) is 4.90 Å². The molecule has 1 aromatic rings. The summed E-state index contributed by atoms with van der Waals surface area (Å²) in [6.45, 7) is 4.39. The number of nitrogens with zero attached hydrogens (tertiary/aromatic N) is 2. The number of rotatable bonds is 4. The van der Waals surface area contributed by atoms with Gasteiger partial charge in [-0.1, -0.05) is 17.7 Å². The Morgan fingerprint density at radius 1 is 1.38 bits per heavy atom. The molecule has 2 atom stereocenters. The Hall–Kier alpha value is -2.04. The Kier molecular flexibility index (Phi) is 4.50. The number of carbonyl (C=O) groups excluding carboxylic acids is 2. The van der Waals surface area contributed by atoms with Crippen molar-refractivity contribution in [3.63, 3.8) is 0 Å². The number of hydrogen-bond acceptors (Lipinski definition) is 3. The number of likely N-dealkylation sites (N-methyl/N-ethyl adjacent to an activating group) is 2. The third-order valence-corrected chi connectivity index (χ3v) is 3.90. The smallest absolute Gasteiger partial charge is 0.263 e. The number of hydrogen-bond donors (Lipinski definition) is 0. The van der Waals surface area contributed by atoms with Gasteiger partial charge >= 0.3 is 0 Å². The van der Waals surface area contributed by atoms with Crippen molar-refractivity contribution in [1.29, 1.82) is 0 Å². The van der Waals surface area contributed by atoms with Gasteiger partial charge in [0.2, 0.25) is 5.91 Å². The largest absolute Gasteiger partial charge is 0.481 e. The highest BCUT2D eigenvalue weighted by Gasteiger charge is 2.36. The van der Waals surface area contributed by atoms with E-state index in [9.17, 15) is 9.59 Å². The van der Waals surface area contributed by atoms with Crippen LogP contribution in [0, 0.1) is 6.92 Å². The average molecular weight is 290 g/mol. The van der Waals surface area contributed by atoms with E-state index >= 15 is 0 Å². The van der Waals surface area contributed by atoms with Crippen LogP contribution < -0.4 is 4.74 Å².